The molecule has 1 N–H and O–H groups in total. The SMILES string of the molecule is CC(C)n1nccc1-c1nnc(SCC(=O)O)o1. The summed E-state index contributed by atoms with van der Waals surface area (Å²) in [5, 5.41) is 20.6. The quantitative estimate of drug-likeness (QED) is 0.824. The lowest BCUT2D eigenvalue weighted by Gasteiger charge is -2.07. The molecule has 18 heavy (non-hydrogen) atoms. The lowest BCUT2D eigenvalue weighted by Crippen LogP contribution is -2.04. The minimum absolute atomic E-state index is 0.106. The number of rotatable bonds is 5. The molecule has 96 valence electrons. The van der Waals surface area contributed by atoms with E-state index in [1.165, 1.54) is 0 Å². The number of carboxylic acid groups (broad SMARTS) is 1. The topological polar surface area (TPSA) is 94.0 Å². The molecule has 0 aliphatic rings. The van der Waals surface area contributed by atoms with Gasteiger partial charge in [0.15, 0.2) is 0 Å². The van der Waals surface area contributed by atoms with Gasteiger partial charge in [0.1, 0.15) is 11.4 Å². The second-order valence-electron chi connectivity index (χ2n) is 3.81. The molecule has 2 heterocycles. The third-order valence-electron chi connectivity index (χ3n) is 2.10. The average Bonchev–Trinajstić information content (AvgIpc) is 2.94. The van der Waals surface area contributed by atoms with Gasteiger partial charge in [-0.15, -0.1) is 10.2 Å². The van der Waals surface area contributed by atoms with Crippen LogP contribution in [-0.4, -0.2) is 36.8 Å². The van der Waals surface area contributed by atoms with Crippen LogP contribution in [0.3, 0.4) is 0 Å². The first kappa shape index (κ1) is 12.6. The van der Waals surface area contributed by atoms with Crippen LogP contribution in [0.15, 0.2) is 21.9 Å². The van der Waals surface area contributed by atoms with Gasteiger partial charge < -0.3 is 9.52 Å². The van der Waals surface area contributed by atoms with Gasteiger partial charge in [-0.2, -0.15) is 5.10 Å². The van der Waals surface area contributed by atoms with Crippen molar-refractivity contribution in [2.75, 3.05) is 5.75 Å². The number of carboxylic acids is 1. The summed E-state index contributed by atoms with van der Waals surface area (Å²) in [5.74, 6) is -0.688. The van der Waals surface area contributed by atoms with E-state index in [2.05, 4.69) is 15.3 Å². The van der Waals surface area contributed by atoms with Gasteiger partial charge in [0.25, 0.3) is 11.1 Å². The smallest absolute Gasteiger partial charge is 0.314 e. The summed E-state index contributed by atoms with van der Waals surface area (Å²) in [6.07, 6.45) is 1.66. The zero-order valence-corrected chi connectivity index (χ0v) is 10.7. The molecule has 0 unspecified atom stereocenters. The van der Waals surface area contributed by atoms with E-state index in [9.17, 15) is 4.79 Å². The summed E-state index contributed by atoms with van der Waals surface area (Å²) in [5.41, 5.74) is 0.722. The fourth-order valence-corrected chi connectivity index (χ4v) is 1.87. The third-order valence-corrected chi connectivity index (χ3v) is 2.91. The van der Waals surface area contributed by atoms with Crippen LogP contribution in [0.2, 0.25) is 0 Å². The maximum absolute atomic E-state index is 10.4. The van der Waals surface area contributed by atoms with Crippen LogP contribution in [-0.2, 0) is 4.79 Å². The van der Waals surface area contributed by atoms with Crippen molar-refractivity contribution in [1.82, 2.24) is 20.0 Å². The predicted octanol–water partition coefficient (Wildman–Crippen LogP) is 1.69. The molecule has 0 fully saturated rings. The van der Waals surface area contributed by atoms with E-state index < -0.39 is 5.97 Å². The van der Waals surface area contributed by atoms with E-state index in [0.717, 1.165) is 17.5 Å². The molecule has 0 spiro atoms. The van der Waals surface area contributed by atoms with E-state index in [1.807, 2.05) is 13.8 Å². The van der Waals surface area contributed by atoms with Crippen molar-refractivity contribution in [1.29, 1.82) is 0 Å². The Labute approximate surface area is 107 Å². The first-order chi connectivity index (χ1) is 8.58. The Morgan fingerprint density at radius 1 is 1.56 bits per heavy atom. The van der Waals surface area contributed by atoms with Crippen molar-refractivity contribution < 1.29 is 14.3 Å². The predicted molar refractivity (Wildman–Crippen MR) is 64.3 cm³/mol. The number of thioether (sulfide) groups is 1. The Morgan fingerprint density at radius 2 is 2.33 bits per heavy atom. The average molecular weight is 268 g/mol. The number of hydrogen-bond acceptors (Lipinski definition) is 6. The van der Waals surface area contributed by atoms with Crippen LogP contribution < -0.4 is 0 Å². The van der Waals surface area contributed by atoms with Crippen molar-refractivity contribution in [2.45, 2.75) is 25.1 Å². The number of aliphatic carboxylic acids is 1. The summed E-state index contributed by atoms with van der Waals surface area (Å²) in [6, 6.07) is 1.95. The molecule has 0 aromatic carbocycles. The molecular weight excluding hydrogens is 256 g/mol. The Morgan fingerprint density at radius 3 is 3.00 bits per heavy atom. The monoisotopic (exact) mass is 268 g/mol. The van der Waals surface area contributed by atoms with Crippen LogP contribution in [0.25, 0.3) is 11.6 Å². The summed E-state index contributed by atoms with van der Waals surface area (Å²) >= 11 is 0.991. The van der Waals surface area contributed by atoms with Gasteiger partial charge in [0.2, 0.25) is 0 Å². The van der Waals surface area contributed by atoms with Crippen LogP contribution in [0.4, 0.5) is 0 Å². The highest BCUT2D eigenvalue weighted by Crippen LogP contribution is 2.24. The number of carbonyl (C=O) groups is 1. The van der Waals surface area contributed by atoms with Gasteiger partial charge in [-0.05, 0) is 19.9 Å². The van der Waals surface area contributed by atoms with Crippen molar-refractivity contribution >= 4 is 17.7 Å². The first-order valence-electron chi connectivity index (χ1n) is 5.30. The molecule has 0 radical (unpaired) electrons. The Hall–Kier alpha value is -1.83. The molecule has 2 aromatic heterocycles. The highest BCUT2D eigenvalue weighted by Gasteiger charge is 2.15. The first-order valence-corrected chi connectivity index (χ1v) is 6.28. The summed E-state index contributed by atoms with van der Waals surface area (Å²) in [4.78, 5) is 10.4. The van der Waals surface area contributed by atoms with Gasteiger partial charge >= 0.3 is 5.97 Å². The summed E-state index contributed by atoms with van der Waals surface area (Å²) < 4.78 is 7.15. The number of aromatic nitrogens is 4. The molecule has 2 aromatic rings. The summed E-state index contributed by atoms with van der Waals surface area (Å²) in [6.45, 7) is 3.99. The minimum atomic E-state index is -0.924. The highest BCUT2D eigenvalue weighted by atomic mass is 32.2. The van der Waals surface area contributed by atoms with Crippen molar-refractivity contribution in [3.63, 3.8) is 0 Å². The van der Waals surface area contributed by atoms with Crippen molar-refractivity contribution in [3.05, 3.63) is 12.3 Å². The third kappa shape index (κ3) is 2.70. The van der Waals surface area contributed by atoms with Crippen LogP contribution in [0.5, 0.6) is 0 Å². The molecule has 0 aliphatic carbocycles. The van der Waals surface area contributed by atoms with Crippen molar-refractivity contribution in [2.24, 2.45) is 0 Å². The molecule has 0 saturated carbocycles. The normalized spacial score (nSPS) is 11.1. The second kappa shape index (κ2) is 5.21. The van der Waals surface area contributed by atoms with Gasteiger partial charge in [-0.25, -0.2) is 0 Å². The molecule has 0 bridgehead atoms. The lowest BCUT2D eigenvalue weighted by molar-refractivity contribution is -0.133. The highest BCUT2D eigenvalue weighted by molar-refractivity contribution is 7.99. The molecule has 0 atom stereocenters. The standard InChI is InChI=1S/C10H12N4O3S/c1-6(2)14-7(3-4-11-14)9-12-13-10(17-9)18-5-8(15)16/h3-4,6H,5H2,1-2H3,(H,15,16). The second-order valence-corrected chi connectivity index (χ2v) is 4.74. The van der Waals surface area contributed by atoms with Gasteiger partial charge in [-0.1, -0.05) is 11.8 Å². The molecule has 7 nitrogen and oxygen atoms in total. The molecular formula is C10H12N4O3S. The van der Waals surface area contributed by atoms with Gasteiger partial charge in [-0.3, -0.25) is 9.48 Å². The Balaban J connectivity index is 2.19. The van der Waals surface area contributed by atoms with Gasteiger partial charge in [0, 0.05) is 12.2 Å². The molecule has 2 rings (SSSR count). The minimum Gasteiger partial charge on any atom is -0.481 e. The number of hydrogen-bond donors (Lipinski definition) is 1. The zero-order valence-electron chi connectivity index (χ0n) is 9.90. The zero-order chi connectivity index (χ0) is 13.1. The van der Waals surface area contributed by atoms with E-state index in [4.69, 9.17) is 9.52 Å². The van der Waals surface area contributed by atoms with Gasteiger partial charge in [0.05, 0.1) is 0 Å². The van der Waals surface area contributed by atoms with Crippen LogP contribution in [0.1, 0.15) is 19.9 Å². The summed E-state index contributed by atoms with van der Waals surface area (Å²) in [7, 11) is 0. The van der Waals surface area contributed by atoms with E-state index >= 15 is 0 Å². The Kier molecular flexibility index (Phi) is 3.66. The van der Waals surface area contributed by atoms with Crippen LogP contribution in [0, 0.1) is 0 Å². The largest absolute Gasteiger partial charge is 0.481 e. The van der Waals surface area contributed by atoms with Crippen LogP contribution >= 0.6 is 11.8 Å². The maximum Gasteiger partial charge on any atom is 0.314 e. The fourth-order valence-electron chi connectivity index (χ4n) is 1.39. The fraction of sp³-hybridized carbons (Fsp3) is 0.400. The molecule has 0 aliphatic heterocycles. The molecule has 0 amide bonds. The molecule has 8 heteroatoms. The van der Waals surface area contributed by atoms with Crippen molar-refractivity contribution in [3.8, 4) is 11.6 Å². The van der Waals surface area contributed by atoms with E-state index in [1.54, 1.807) is 16.9 Å². The van der Waals surface area contributed by atoms with E-state index in [0.29, 0.717) is 5.89 Å². The molecule has 0 saturated heterocycles. The lowest BCUT2D eigenvalue weighted by atomic mass is 10.3. The van der Waals surface area contributed by atoms with E-state index in [-0.39, 0.29) is 17.0 Å². The Bertz CT molecular complexity index is 549. The number of nitrogens with zero attached hydrogens (tertiary/aromatic N) is 4. The maximum atomic E-state index is 10.4.